The second kappa shape index (κ2) is 4.30. The normalized spacial score (nSPS) is 12.8. The third-order valence-electron chi connectivity index (χ3n) is 2.18. The molecule has 0 amide bonds. The molecule has 1 aromatic carbocycles. The number of phenols is 2. The van der Waals surface area contributed by atoms with Gasteiger partial charge in [-0.2, -0.15) is 0 Å². The highest BCUT2D eigenvalue weighted by Crippen LogP contribution is 2.36. The largest absolute Gasteiger partial charge is 0.504 e. The minimum absolute atomic E-state index is 0.182. The number of nitrogens with two attached hydrogens (primary N) is 1. The molecule has 0 fully saturated rings. The first-order chi connectivity index (χ1) is 6.57. The van der Waals surface area contributed by atoms with E-state index in [0.29, 0.717) is 24.1 Å². The van der Waals surface area contributed by atoms with Crippen molar-refractivity contribution in [3.05, 3.63) is 23.3 Å². The molecule has 1 atom stereocenters. The maximum Gasteiger partial charge on any atom is 0.163 e. The summed E-state index contributed by atoms with van der Waals surface area (Å²) in [5.41, 5.74) is 6.17. The van der Waals surface area contributed by atoms with Crippen molar-refractivity contribution in [1.29, 1.82) is 0 Å². The Morgan fingerprint density at radius 2 is 1.93 bits per heavy atom. The average Bonchev–Trinajstić information content (AvgIpc) is 2.15. The molecule has 0 aliphatic heterocycles. The predicted octanol–water partition coefficient (Wildman–Crippen LogP) is 0.788. The van der Waals surface area contributed by atoms with Crippen LogP contribution < -0.4 is 5.73 Å². The molecule has 0 aliphatic rings. The fourth-order valence-corrected chi connectivity index (χ4v) is 1.28. The van der Waals surface area contributed by atoms with Gasteiger partial charge < -0.3 is 21.1 Å². The number of benzene rings is 1. The number of aryl methyl sites for hydroxylation is 1. The van der Waals surface area contributed by atoms with Crippen molar-refractivity contribution >= 4 is 0 Å². The van der Waals surface area contributed by atoms with E-state index < -0.39 is 6.10 Å². The monoisotopic (exact) mass is 197 g/mol. The van der Waals surface area contributed by atoms with Gasteiger partial charge in [-0.3, -0.25) is 0 Å². The quantitative estimate of drug-likeness (QED) is 0.539. The summed E-state index contributed by atoms with van der Waals surface area (Å²) in [5.74, 6) is -0.440. The summed E-state index contributed by atoms with van der Waals surface area (Å²) in [6.07, 6.45) is -0.470. The van der Waals surface area contributed by atoms with E-state index in [-0.39, 0.29) is 11.5 Å². The number of hydrogen-bond donors (Lipinski definition) is 4. The number of hydrogen-bond acceptors (Lipinski definition) is 4. The number of phenolic OH excluding ortho intramolecular Hbond substituents is 2. The van der Waals surface area contributed by atoms with E-state index in [4.69, 9.17) is 5.73 Å². The van der Waals surface area contributed by atoms with Gasteiger partial charge in [-0.15, -0.1) is 0 Å². The van der Waals surface area contributed by atoms with E-state index in [1.807, 2.05) is 0 Å². The van der Waals surface area contributed by atoms with E-state index in [9.17, 15) is 15.3 Å². The molecule has 0 bridgehead atoms. The van der Waals surface area contributed by atoms with Gasteiger partial charge in [-0.25, -0.2) is 0 Å². The summed E-state index contributed by atoms with van der Waals surface area (Å²) in [6, 6.07) is 3.23. The SMILES string of the molecule is Cc1ccc(C(O)CCN)c(O)c1O. The van der Waals surface area contributed by atoms with Crippen LogP contribution in [0, 0.1) is 6.92 Å². The second-order valence-corrected chi connectivity index (χ2v) is 3.26. The van der Waals surface area contributed by atoms with Crippen LogP contribution >= 0.6 is 0 Å². The van der Waals surface area contributed by atoms with E-state index >= 15 is 0 Å². The Bertz CT molecular complexity index is 325. The number of aromatic hydroxyl groups is 2. The highest BCUT2D eigenvalue weighted by Gasteiger charge is 2.15. The molecule has 4 heteroatoms. The highest BCUT2D eigenvalue weighted by atomic mass is 16.3. The first-order valence-electron chi connectivity index (χ1n) is 4.47. The molecule has 1 rings (SSSR count). The standard InChI is InChI=1S/C10H15NO3/c1-6-2-3-7(8(12)4-5-11)10(14)9(6)13/h2-3,8,12-14H,4-5,11H2,1H3. The van der Waals surface area contributed by atoms with Crippen LogP contribution in [0.2, 0.25) is 0 Å². The topological polar surface area (TPSA) is 86.7 Å². The van der Waals surface area contributed by atoms with Crippen LogP contribution in [0.3, 0.4) is 0 Å². The summed E-state index contributed by atoms with van der Waals surface area (Å²) in [4.78, 5) is 0. The van der Waals surface area contributed by atoms with Crippen LogP contribution in [-0.2, 0) is 0 Å². The summed E-state index contributed by atoms with van der Waals surface area (Å²) in [6.45, 7) is 2.00. The Balaban J connectivity index is 3.04. The van der Waals surface area contributed by atoms with Crippen LogP contribution in [0.15, 0.2) is 12.1 Å². The molecule has 0 aromatic heterocycles. The molecule has 0 aliphatic carbocycles. The van der Waals surface area contributed by atoms with E-state index in [2.05, 4.69) is 0 Å². The molecule has 78 valence electrons. The van der Waals surface area contributed by atoms with Crippen LogP contribution in [0.5, 0.6) is 11.5 Å². The van der Waals surface area contributed by atoms with Gasteiger partial charge in [-0.1, -0.05) is 12.1 Å². The van der Waals surface area contributed by atoms with E-state index in [0.717, 1.165) is 0 Å². The Labute approximate surface area is 82.6 Å². The van der Waals surface area contributed by atoms with Crippen molar-refractivity contribution < 1.29 is 15.3 Å². The van der Waals surface area contributed by atoms with Gasteiger partial charge >= 0.3 is 0 Å². The highest BCUT2D eigenvalue weighted by molar-refractivity contribution is 5.50. The summed E-state index contributed by atoms with van der Waals surface area (Å²) < 4.78 is 0. The summed E-state index contributed by atoms with van der Waals surface area (Å²) in [7, 11) is 0. The Hall–Kier alpha value is -1.26. The van der Waals surface area contributed by atoms with Gasteiger partial charge in [0.1, 0.15) is 0 Å². The first kappa shape index (κ1) is 10.8. The van der Waals surface area contributed by atoms with E-state index in [1.165, 1.54) is 0 Å². The zero-order chi connectivity index (χ0) is 10.7. The van der Waals surface area contributed by atoms with Gasteiger partial charge in [0.05, 0.1) is 6.10 Å². The Morgan fingerprint density at radius 3 is 2.50 bits per heavy atom. The molecule has 0 spiro atoms. The summed E-state index contributed by atoms with van der Waals surface area (Å²) in [5, 5.41) is 28.5. The number of rotatable bonds is 3. The molecular formula is C10H15NO3. The van der Waals surface area contributed by atoms with Gasteiger partial charge in [0, 0.05) is 5.56 Å². The van der Waals surface area contributed by atoms with Gasteiger partial charge in [-0.05, 0) is 25.5 Å². The van der Waals surface area contributed by atoms with Crippen molar-refractivity contribution in [1.82, 2.24) is 0 Å². The predicted molar refractivity (Wildman–Crippen MR) is 53.1 cm³/mol. The number of aliphatic hydroxyl groups excluding tert-OH is 1. The van der Waals surface area contributed by atoms with Crippen molar-refractivity contribution in [2.24, 2.45) is 5.73 Å². The zero-order valence-corrected chi connectivity index (χ0v) is 8.07. The van der Waals surface area contributed by atoms with Crippen LogP contribution in [0.4, 0.5) is 0 Å². The molecular weight excluding hydrogens is 182 g/mol. The Morgan fingerprint density at radius 1 is 1.29 bits per heavy atom. The van der Waals surface area contributed by atoms with Gasteiger partial charge in [0.25, 0.3) is 0 Å². The molecule has 14 heavy (non-hydrogen) atoms. The minimum Gasteiger partial charge on any atom is -0.504 e. The summed E-state index contributed by atoms with van der Waals surface area (Å²) >= 11 is 0. The molecule has 5 N–H and O–H groups in total. The maximum atomic E-state index is 9.57. The molecule has 4 nitrogen and oxygen atoms in total. The van der Waals surface area contributed by atoms with Crippen molar-refractivity contribution in [2.75, 3.05) is 6.54 Å². The van der Waals surface area contributed by atoms with Crippen LogP contribution in [0.25, 0.3) is 0 Å². The zero-order valence-electron chi connectivity index (χ0n) is 8.07. The van der Waals surface area contributed by atoms with Crippen molar-refractivity contribution in [3.63, 3.8) is 0 Å². The molecule has 0 radical (unpaired) electrons. The van der Waals surface area contributed by atoms with Gasteiger partial charge in [0.2, 0.25) is 0 Å². The molecule has 0 heterocycles. The molecule has 0 saturated carbocycles. The molecule has 0 saturated heterocycles. The van der Waals surface area contributed by atoms with Crippen LogP contribution in [0.1, 0.15) is 23.7 Å². The van der Waals surface area contributed by atoms with Crippen LogP contribution in [-0.4, -0.2) is 21.9 Å². The third kappa shape index (κ3) is 1.97. The lowest BCUT2D eigenvalue weighted by Gasteiger charge is -2.13. The number of aliphatic hydroxyl groups is 1. The smallest absolute Gasteiger partial charge is 0.163 e. The minimum atomic E-state index is -0.827. The maximum absolute atomic E-state index is 9.57. The van der Waals surface area contributed by atoms with Gasteiger partial charge in [0.15, 0.2) is 11.5 Å². The lowest BCUT2D eigenvalue weighted by atomic mass is 10.0. The average molecular weight is 197 g/mol. The fourth-order valence-electron chi connectivity index (χ4n) is 1.28. The lowest BCUT2D eigenvalue weighted by Crippen LogP contribution is -2.06. The molecule has 1 unspecified atom stereocenters. The van der Waals surface area contributed by atoms with Crippen molar-refractivity contribution in [3.8, 4) is 11.5 Å². The fraction of sp³-hybridized carbons (Fsp3) is 0.400. The Kier molecular flexibility index (Phi) is 3.33. The van der Waals surface area contributed by atoms with Crippen molar-refractivity contribution in [2.45, 2.75) is 19.4 Å². The lowest BCUT2D eigenvalue weighted by molar-refractivity contribution is 0.165. The first-order valence-corrected chi connectivity index (χ1v) is 4.47. The third-order valence-corrected chi connectivity index (χ3v) is 2.18. The second-order valence-electron chi connectivity index (χ2n) is 3.26. The molecule has 1 aromatic rings. The van der Waals surface area contributed by atoms with E-state index in [1.54, 1.807) is 19.1 Å².